The van der Waals surface area contributed by atoms with Crippen molar-refractivity contribution in [3.05, 3.63) is 28.7 Å². The van der Waals surface area contributed by atoms with Crippen LogP contribution in [0, 0.1) is 0 Å². The van der Waals surface area contributed by atoms with Gasteiger partial charge in [-0.25, -0.2) is 14.6 Å². The fraction of sp³-hybridized carbons (Fsp3) is 0.500. The standard InChI is InChI=1S/C14H15Cl2N7O2/c1-2-6-4-23(21-20-6)8-3-7(10(24)11(8)25)22-5-17-9-12(15)18-14(16)19-13(9)22/h4-5,7-8,10-11,24-25H,2-3H2,1H3. The second kappa shape index (κ2) is 6.17. The lowest BCUT2D eigenvalue weighted by Gasteiger charge is -2.18. The lowest BCUT2D eigenvalue weighted by molar-refractivity contribution is 0.00695. The van der Waals surface area contributed by atoms with E-state index in [1.54, 1.807) is 15.4 Å². The van der Waals surface area contributed by atoms with E-state index in [4.69, 9.17) is 23.2 Å². The van der Waals surface area contributed by atoms with Gasteiger partial charge in [-0.1, -0.05) is 23.7 Å². The number of fused-ring (bicyclic) bond motifs is 1. The summed E-state index contributed by atoms with van der Waals surface area (Å²) >= 11 is 11.9. The van der Waals surface area contributed by atoms with E-state index in [1.165, 1.54) is 6.33 Å². The van der Waals surface area contributed by atoms with Gasteiger partial charge in [0.15, 0.2) is 10.8 Å². The van der Waals surface area contributed by atoms with Crippen LogP contribution in [0.1, 0.15) is 31.1 Å². The van der Waals surface area contributed by atoms with Crippen LogP contribution in [0.15, 0.2) is 12.5 Å². The molecule has 4 unspecified atom stereocenters. The van der Waals surface area contributed by atoms with Crippen molar-refractivity contribution in [2.45, 2.75) is 44.1 Å². The minimum Gasteiger partial charge on any atom is -0.388 e. The predicted octanol–water partition coefficient (Wildman–Crippen LogP) is 1.19. The summed E-state index contributed by atoms with van der Waals surface area (Å²) in [4.78, 5) is 12.2. The molecule has 1 fully saturated rings. The number of halogens is 2. The van der Waals surface area contributed by atoms with Crippen LogP contribution in [-0.2, 0) is 6.42 Å². The van der Waals surface area contributed by atoms with E-state index >= 15 is 0 Å². The number of aryl methyl sites for hydroxylation is 1. The highest BCUT2D eigenvalue weighted by atomic mass is 35.5. The molecule has 0 bridgehead atoms. The zero-order valence-electron chi connectivity index (χ0n) is 13.2. The van der Waals surface area contributed by atoms with E-state index in [1.807, 2.05) is 6.92 Å². The van der Waals surface area contributed by atoms with Crippen molar-refractivity contribution in [2.24, 2.45) is 0 Å². The lowest BCUT2D eigenvalue weighted by Crippen LogP contribution is -2.30. The Bertz CT molecular complexity index is 927. The quantitative estimate of drug-likeness (QED) is 0.515. The van der Waals surface area contributed by atoms with Crippen molar-refractivity contribution in [3.63, 3.8) is 0 Å². The highest BCUT2D eigenvalue weighted by Crippen LogP contribution is 2.39. The smallest absolute Gasteiger partial charge is 0.225 e. The summed E-state index contributed by atoms with van der Waals surface area (Å²) < 4.78 is 3.26. The Morgan fingerprint density at radius 1 is 1.20 bits per heavy atom. The highest BCUT2D eigenvalue weighted by molar-refractivity contribution is 6.35. The summed E-state index contributed by atoms with van der Waals surface area (Å²) in [5, 5.41) is 29.3. The molecule has 11 heteroatoms. The Morgan fingerprint density at radius 3 is 2.68 bits per heavy atom. The highest BCUT2D eigenvalue weighted by Gasteiger charge is 2.44. The third kappa shape index (κ3) is 2.67. The topological polar surface area (TPSA) is 115 Å². The molecule has 3 aromatic rings. The van der Waals surface area contributed by atoms with E-state index in [9.17, 15) is 10.2 Å². The minimum absolute atomic E-state index is 0.00676. The fourth-order valence-electron chi connectivity index (χ4n) is 3.26. The summed E-state index contributed by atoms with van der Waals surface area (Å²) in [6, 6.07) is -0.862. The Kier molecular flexibility index (Phi) is 4.11. The maximum absolute atomic E-state index is 10.6. The van der Waals surface area contributed by atoms with Gasteiger partial charge in [-0.05, 0) is 24.4 Å². The summed E-state index contributed by atoms with van der Waals surface area (Å²) in [5.41, 5.74) is 1.63. The Hall–Kier alpha value is -1.81. The maximum atomic E-state index is 10.6. The molecule has 1 aliphatic rings. The van der Waals surface area contributed by atoms with Crippen LogP contribution in [0.2, 0.25) is 10.4 Å². The van der Waals surface area contributed by atoms with E-state index in [-0.39, 0.29) is 10.4 Å². The number of hydrogen-bond acceptors (Lipinski definition) is 7. The molecule has 0 radical (unpaired) electrons. The van der Waals surface area contributed by atoms with Gasteiger partial charge >= 0.3 is 0 Å². The number of imidazole rings is 1. The number of rotatable bonds is 3. The average molecular weight is 384 g/mol. The van der Waals surface area contributed by atoms with Crippen LogP contribution in [0.25, 0.3) is 11.2 Å². The first kappa shape index (κ1) is 16.6. The molecule has 0 spiro atoms. The molecule has 1 aliphatic carbocycles. The summed E-state index contributed by atoms with van der Waals surface area (Å²) in [6.45, 7) is 1.97. The van der Waals surface area contributed by atoms with Gasteiger partial charge in [-0.2, -0.15) is 4.98 Å². The minimum atomic E-state index is -1.02. The molecular formula is C14H15Cl2N7O2. The van der Waals surface area contributed by atoms with Gasteiger partial charge in [-0.15, -0.1) is 5.10 Å². The fourth-order valence-corrected chi connectivity index (χ4v) is 3.68. The molecule has 0 aliphatic heterocycles. The number of aromatic nitrogens is 7. The van der Waals surface area contributed by atoms with Crippen LogP contribution < -0.4 is 0 Å². The van der Waals surface area contributed by atoms with Crippen LogP contribution in [0.3, 0.4) is 0 Å². The molecule has 3 heterocycles. The van der Waals surface area contributed by atoms with Crippen molar-refractivity contribution in [1.82, 2.24) is 34.5 Å². The number of nitrogens with zero attached hydrogens (tertiary/aromatic N) is 7. The first-order valence-electron chi connectivity index (χ1n) is 7.82. The van der Waals surface area contributed by atoms with Gasteiger partial charge in [0, 0.05) is 6.20 Å². The predicted molar refractivity (Wildman–Crippen MR) is 89.4 cm³/mol. The molecule has 132 valence electrons. The first-order chi connectivity index (χ1) is 12.0. The average Bonchev–Trinajstić information content (AvgIpc) is 3.27. The largest absolute Gasteiger partial charge is 0.388 e. The maximum Gasteiger partial charge on any atom is 0.225 e. The molecule has 0 aromatic carbocycles. The molecule has 2 N–H and O–H groups in total. The molecule has 1 saturated carbocycles. The van der Waals surface area contributed by atoms with Crippen molar-refractivity contribution < 1.29 is 10.2 Å². The van der Waals surface area contributed by atoms with Crippen LogP contribution in [-0.4, -0.2) is 56.9 Å². The monoisotopic (exact) mass is 383 g/mol. The van der Waals surface area contributed by atoms with E-state index in [2.05, 4.69) is 25.3 Å². The van der Waals surface area contributed by atoms with Crippen molar-refractivity contribution in [1.29, 1.82) is 0 Å². The van der Waals surface area contributed by atoms with Gasteiger partial charge in [0.2, 0.25) is 5.28 Å². The third-order valence-electron chi connectivity index (χ3n) is 4.59. The Labute approximate surface area is 152 Å². The van der Waals surface area contributed by atoms with Crippen LogP contribution >= 0.6 is 23.2 Å². The first-order valence-corrected chi connectivity index (χ1v) is 8.57. The summed E-state index contributed by atoms with van der Waals surface area (Å²) in [7, 11) is 0. The van der Waals surface area contributed by atoms with Crippen LogP contribution in [0.5, 0.6) is 0 Å². The van der Waals surface area contributed by atoms with E-state index in [0.29, 0.717) is 17.6 Å². The zero-order valence-corrected chi connectivity index (χ0v) is 14.7. The molecule has 3 aromatic heterocycles. The number of aliphatic hydroxyl groups excluding tert-OH is 2. The van der Waals surface area contributed by atoms with E-state index in [0.717, 1.165) is 12.1 Å². The van der Waals surface area contributed by atoms with E-state index < -0.39 is 24.3 Å². The second-order valence-corrected chi connectivity index (χ2v) is 6.70. The molecular weight excluding hydrogens is 369 g/mol. The molecule has 4 rings (SSSR count). The van der Waals surface area contributed by atoms with Gasteiger partial charge in [-0.3, -0.25) is 0 Å². The Morgan fingerprint density at radius 2 is 1.96 bits per heavy atom. The van der Waals surface area contributed by atoms with Gasteiger partial charge in [0.05, 0.1) is 24.1 Å². The molecule has 0 saturated heterocycles. The van der Waals surface area contributed by atoms with Gasteiger partial charge in [0.25, 0.3) is 0 Å². The molecule has 25 heavy (non-hydrogen) atoms. The molecule has 4 atom stereocenters. The Balaban J connectivity index is 1.72. The van der Waals surface area contributed by atoms with Gasteiger partial charge < -0.3 is 14.8 Å². The zero-order chi connectivity index (χ0) is 17.7. The number of aliphatic hydroxyl groups is 2. The molecule has 9 nitrogen and oxygen atoms in total. The lowest BCUT2D eigenvalue weighted by atomic mass is 10.2. The van der Waals surface area contributed by atoms with Crippen molar-refractivity contribution in [2.75, 3.05) is 0 Å². The van der Waals surface area contributed by atoms with Crippen molar-refractivity contribution in [3.8, 4) is 0 Å². The summed E-state index contributed by atoms with van der Waals surface area (Å²) in [6.07, 6.45) is 2.45. The van der Waals surface area contributed by atoms with Gasteiger partial charge in [0.1, 0.15) is 17.7 Å². The van der Waals surface area contributed by atoms with Crippen LogP contribution in [0.4, 0.5) is 0 Å². The molecule has 0 amide bonds. The van der Waals surface area contributed by atoms with Crippen molar-refractivity contribution >= 4 is 34.4 Å². The normalized spacial score (nSPS) is 26.6. The summed E-state index contributed by atoms with van der Waals surface area (Å²) in [5.74, 6) is 0. The number of hydrogen-bond donors (Lipinski definition) is 2. The SMILES string of the molecule is CCc1cn(C2CC(n3cnc4c(Cl)nc(Cl)nc43)C(O)C2O)nn1. The third-order valence-corrected chi connectivity index (χ3v) is 5.02. The second-order valence-electron chi connectivity index (χ2n) is 6.00.